The van der Waals surface area contributed by atoms with Gasteiger partial charge in [0.05, 0.1) is 18.1 Å². The molecular formula is C17H17FN2O5. The van der Waals surface area contributed by atoms with Crippen LogP contribution in [-0.2, 0) is 4.79 Å². The number of nitro benzene ring substituents is 1. The van der Waals surface area contributed by atoms with Gasteiger partial charge in [0.15, 0.2) is 12.4 Å². The van der Waals surface area contributed by atoms with Gasteiger partial charge in [-0.15, -0.1) is 0 Å². The molecule has 0 heterocycles. The number of nitro groups is 1. The summed E-state index contributed by atoms with van der Waals surface area (Å²) in [5.74, 6) is -0.530. The van der Waals surface area contributed by atoms with Crippen LogP contribution in [0.15, 0.2) is 42.5 Å². The molecule has 0 aromatic heterocycles. The number of amides is 1. The van der Waals surface area contributed by atoms with Crippen LogP contribution in [0, 0.1) is 15.9 Å². The maximum absolute atomic E-state index is 13.0. The van der Waals surface area contributed by atoms with Crippen LogP contribution in [0.4, 0.5) is 15.8 Å². The number of halogens is 1. The van der Waals surface area contributed by atoms with Crippen LogP contribution < -0.4 is 14.4 Å². The second-order valence-corrected chi connectivity index (χ2v) is 4.99. The van der Waals surface area contributed by atoms with Crippen molar-refractivity contribution in [2.24, 2.45) is 0 Å². The van der Waals surface area contributed by atoms with Crippen molar-refractivity contribution in [1.82, 2.24) is 0 Å². The average molecular weight is 348 g/mol. The molecule has 0 aliphatic heterocycles. The summed E-state index contributed by atoms with van der Waals surface area (Å²) in [4.78, 5) is 24.3. The molecule has 0 aliphatic rings. The highest BCUT2D eigenvalue weighted by Crippen LogP contribution is 2.31. The van der Waals surface area contributed by atoms with Gasteiger partial charge in [-0.05, 0) is 43.3 Å². The molecule has 2 aromatic rings. The van der Waals surface area contributed by atoms with Crippen LogP contribution >= 0.6 is 0 Å². The number of anilines is 1. The molecule has 2 rings (SSSR count). The molecule has 0 fully saturated rings. The minimum Gasteiger partial charge on any atom is -0.496 e. The lowest BCUT2D eigenvalue weighted by Gasteiger charge is -2.21. The van der Waals surface area contributed by atoms with Crippen molar-refractivity contribution in [3.8, 4) is 11.5 Å². The number of nitrogens with zero attached hydrogens (tertiary/aromatic N) is 2. The van der Waals surface area contributed by atoms with Crippen LogP contribution in [0.2, 0.25) is 0 Å². The number of benzene rings is 2. The molecule has 0 saturated heterocycles. The third kappa shape index (κ3) is 4.43. The lowest BCUT2D eigenvalue weighted by atomic mass is 10.2. The molecule has 8 heteroatoms. The van der Waals surface area contributed by atoms with E-state index in [2.05, 4.69) is 0 Å². The SMILES string of the molecule is CCN(C(=O)COc1ccc(OC)cc1[N+](=O)[O-])c1ccc(F)cc1. The number of carbonyl (C=O) groups is 1. The van der Waals surface area contributed by atoms with Crippen molar-refractivity contribution in [3.63, 3.8) is 0 Å². The Labute approximate surface area is 143 Å². The lowest BCUT2D eigenvalue weighted by Crippen LogP contribution is -2.34. The number of hydrogen-bond donors (Lipinski definition) is 0. The Morgan fingerprint density at radius 1 is 1.24 bits per heavy atom. The maximum atomic E-state index is 13.0. The summed E-state index contributed by atoms with van der Waals surface area (Å²) in [7, 11) is 1.39. The Kier molecular flexibility index (Phi) is 5.89. The van der Waals surface area contributed by atoms with Gasteiger partial charge < -0.3 is 14.4 Å². The Morgan fingerprint density at radius 3 is 2.48 bits per heavy atom. The molecule has 2 aromatic carbocycles. The summed E-state index contributed by atoms with van der Waals surface area (Å²) in [6, 6.07) is 9.56. The average Bonchev–Trinajstić information content (AvgIpc) is 2.61. The molecule has 0 saturated carbocycles. The molecule has 7 nitrogen and oxygen atoms in total. The van der Waals surface area contributed by atoms with Gasteiger partial charge in [0.2, 0.25) is 0 Å². The highest BCUT2D eigenvalue weighted by Gasteiger charge is 2.20. The van der Waals surface area contributed by atoms with Gasteiger partial charge in [0.1, 0.15) is 11.6 Å². The predicted octanol–water partition coefficient (Wildman–Crippen LogP) is 3.17. The lowest BCUT2D eigenvalue weighted by molar-refractivity contribution is -0.385. The molecular weight excluding hydrogens is 331 g/mol. The zero-order valence-electron chi connectivity index (χ0n) is 13.8. The van der Waals surface area contributed by atoms with E-state index in [-0.39, 0.29) is 11.4 Å². The third-order valence-electron chi connectivity index (χ3n) is 3.47. The zero-order valence-corrected chi connectivity index (χ0v) is 13.8. The minimum atomic E-state index is -0.611. The van der Waals surface area contributed by atoms with E-state index in [0.29, 0.717) is 18.0 Å². The second-order valence-electron chi connectivity index (χ2n) is 4.99. The molecule has 0 spiro atoms. The Bertz CT molecular complexity index is 764. The number of carbonyl (C=O) groups excluding carboxylic acids is 1. The predicted molar refractivity (Wildman–Crippen MR) is 89.6 cm³/mol. The standard InChI is InChI=1S/C17H17FN2O5/c1-3-19(13-6-4-12(18)5-7-13)17(21)11-25-16-9-8-14(24-2)10-15(16)20(22)23/h4-10H,3,11H2,1-2H3. The van der Waals surface area contributed by atoms with Crippen molar-refractivity contribution in [3.05, 3.63) is 58.4 Å². The molecule has 0 atom stereocenters. The summed E-state index contributed by atoms with van der Waals surface area (Å²) >= 11 is 0. The van der Waals surface area contributed by atoms with Crippen molar-refractivity contribution in [2.45, 2.75) is 6.92 Å². The molecule has 0 N–H and O–H groups in total. The third-order valence-corrected chi connectivity index (χ3v) is 3.47. The number of hydrogen-bond acceptors (Lipinski definition) is 5. The topological polar surface area (TPSA) is 81.9 Å². The number of rotatable bonds is 7. The van der Waals surface area contributed by atoms with Crippen LogP contribution in [-0.4, -0.2) is 31.1 Å². The van der Waals surface area contributed by atoms with E-state index in [4.69, 9.17) is 9.47 Å². The van der Waals surface area contributed by atoms with E-state index in [1.165, 1.54) is 54.5 Å². The summed E-state index contributed by atoms with van der Waals surface area (Å²) in [5.41, 5.74) is 0.221. The fourth-order valence-corrected chi connectivity index (χ4v) is 2.23. The number of methoxy groups -OCH3 is 1. The molecule has 132 valence electrons. The van der Waals surface area contributed by atoms with Gasteiger partial charge in [-0.1, -0.05) is 0 Å². The molecule has 0 bridgehead atoms. The highest BCUT2D eigenvalue weighted by molar-refractivity contribution is 5.94. The van der Waals surface area contributed by atoms with E-state index < -0.39 is 23.3 Å². The smallest absolute Gasteiger partial charge is 0.314 e. The van der Waals surface area contributed by atoms with Gasteiger partial charge in [0, 0.05) is 12.2 Å². The Hall–Kier alpha value is -3.16. The Morgan fingerprint density at radius 2 is 1.92 bits per heavy atom. The zero-order chi connectivity index (χ0) is 18.4. The molecule has 25 heavy (non-hydrogen) atoms. The van der Waals surface area contributed by atoms with Gasteiger partial charge >= 0.3 is 5.69 Å². The van der Waals surface area contributed by atoms with Crippen molar-refractivity contribution < 1.29 is 23.6 Å². The molecule has 1 amide bonds. The summed E-state index contributed by atoms with van der Waals surface area (Å²) in [6.45, 7) is 1.72. The fraction of sp³-hybridized carbons (Fsp3) is 0.235. The van der Waals surface area contributed by atoms with Crippen molar-refractivity contribution in [2.75, 3.05) is 25.2 Å². The van der Waals surface area contributed by atoms with Crippen LogP contribution in [0.1, 0.15) is 6.92 Å². The van der Waals surface area contributed by atoms with Gasteiger partial charge in [-0.3, -0.25) is 14.9 Å². The molecule has 0 aliphatic carbocycles. The highest BCUT2D eigenvalue weighted by atomic mass is 19.1. The number of likely N-dealkylation sites (N-methyl/N-ethyl adjacent to an activating group) is 1. The van der Waals surface area contributed by atoms with Gasteiger partial charge in [-0.2, -0.15) is 0 Å². The van der Waals surface area contributed by atoms with E-state index >= 15 is 0 Å². The molecule has 0 unspecified atom stereocenters. The summed E-state index contributed by atoms with van der Waals surface area (Å²) < 4.78 is 23.3. The van der Waals surface area contributed by atoms with Gasteiger partial charge in [0.25, 0.3) is 5.91 Å². The van der Waals surface area contributed by atoms with Gasteiger partial charge in [-0.25, -0.2) is 4.39 Å². The Balaban J connectivity index is 2.13. The van der Waals surface area contributed by atoms with Crippen LogP contribution in [0.5, 0.6) is 11.5 Å². The van der Waals surface area contributed by atoms with Crippen LogP contribution in [0.25, 0.3) is 0 Å². The fourth-order valence-electron chi connectivity index (χ4n) is 2.23. The van der Waals surface area contributed by atoms with E-state index in [1.54, 1.807) is 6.92 Å². The first-order valence-corrected chi connectivity index (χ1v) is 7.47. The van der Waals surface area contributed by atoms with E-state index in [0.717, 1.165) is 0 Å². The first-order valence-electron chi connectivity index (χ1n) is 7.47. The largest absolute Gasteiger partial charge is 0.496 e. The quantitative estimate of drug-likeness (QED) is 0.567. The first-order chi connectivity index (χ1) is 12.0. The van der Waals surface area contributed by atoms with E-state index in [1.807, 2.05) is 0 Å². The van der Waals surface area contributed by atoms with Crippen molar-refractivity contribution in [1.29, 1.82) is 0 Å². The second kappa shape index (κ2) is 8.09. The normalized spacial score (nSPS) is 10.2. The monoisotopic (exact) mass is 348 g/mol. The number of ether oxygens (including phenoxy) is 2. The first kappa shape index (κ1) is 18.2. The van der Waals surface area contributed by atoms with Crippen LogP contribution in [0.3, 0.4) is 0 Å². The summed E-state index contributed by atoms with van der Waals surface area (Å²) in [6.07, 6.45) is 0. The summed E-state index contributed by atoms with van der Waals surface area (Å²) in [5, 5.41) is 11.1. The van der Waals surface area contributed by atoms with Crippen molar-refractivity contribution >= 4 is 17.3 Å². The minimum absolute atomic E-state index is 0.0330. The maximum Gasteiger partial charge on any atom is 0.314 e. The van der Waals surface area contributed by atoms with E-state index in [9.17, 15) is 19.3 Å². The molecule has 0 radical (unpaired) electrons.